The molecule has 0 aliphatic rings. The van der Waals surface area contributed by atoms with Gasteiger partial charge in [-0.05, 0) is 50.2 Å². The molecule has 1 unspecified atom stereocenters. The minimum Gasteiger partial charge on any atom is -0.481 e. The standard InChI is InChI=1S/C20H19N3O3S/c1-13-3-9-17(10-4-13)26-14(2)18(24)22-16-7-5-15(6-8-16)19(25)23-20-21-11-12-27-20/h3-12,14H,1-2H3,(H,22,24)(H,21,23,25). The fourth-order valence-corrected chi connectivity index (χ4v) is 2.80. The Labute approximate surface area is 161 Å². The van der Waals surface area contributed by atoms with Crippen LogP contribution in [0.15, 0.2) is 60.1 Å². The number of rotatable bonds is 6. The van der Waals surface area contributed by atoms with E-state index >= 15 is 0 Å². The number of amides is 2. The van der Waals surface area contributed by atoms with E-state index in [0.717, 1.165) is 5.56 Å². The lowest BCUT2D eigenvalue weighted by molar-refractivity contribution is -0.122. The summed E-state index contributed by atoms with van der Waals surface area (Å²) in [7, 11) is 0. The van der Waals surface area contributed by atoms with Crippen molar-refractivity contribution in [2.75, 3.05) is 10.6 Å². The van der Waals surface area contributed by atoms with Gasteiger partial charge in [0, 0.05) is 22.8 Å². The van der Waals surface area contributed by atoms with Crippen molar-refractivity contribution in [1.29, 1.82) is 0 Å². The molecule has 6 nitrogen and oxygen atoms in total. The molecule has 27 heavy (non-hydrogen) atoms. The SMILES string of the molecule is Cc1ccc(OC(C)C(=O)Nc2ccc(C(=O)Nc3nccs3)cc2)cc1. The van der Waals surface area contributed by atoms with Crippen molar-refractivity contribution < 1.29 is 14.3 Å². The second kappa shape index (κ2) is 8.46. The van der Waals surface area contributed by atoms with Crippen LogP contribution in [0.2, 0.25) is 0 Å². The Bertz CT molecular complexity index is 907. The summed E-state index contributed by atoms with van der Waals surface area (Å²) in [5, 5.41) is 7.82. The first-order valence-electron chi connectivity index (χ1n) is 8.36. The van der Waals surface area contributed by atoms with Gasteiger partial charge in [0.25, 0.3) is 11.8 Å². The Morgan fingerprint density at radius 1 is 1.04 bits per heavy atom. The lowest BCUT2D eigenvalue weighted by Gasteiger charge is -2.15. The van der Waals surface area contributed by atoms with Crippen LogP contribution in [0.1, 0.15) is 22.8 Å². The zero-order chi connectivity index (χ0) is 19.2. The van der Waals surface area contributed by atoms with Gasteiger partial charge in [-0.15, -0.1) is 11.3 Å². The zero-order valence-corrected chi connectivity index (χ0v) is 15.7. The Balaban J connectivity index is 1.56. The minimum atomic E-state index is -0.652. The predicted octanol–water partition coefficient (Wildman–Crippen LogP) is 4.11. The molecule has 2 aromatic carbocycles. The summed E-state index contributed by atoms with van der Waals surface area (Å²) >= 11 is 1.35. The first-order valence-corrected chi connectivity index (χ1v) is 9.24. The smallest absolute Gasteiger partial charge is 0.265 e. The van der Waals surface area contributed by atoms with Gasteiger partial charge in [-0.3, -0.25) is 14.9 Å². The molecule has 1 heterocycles. The lowest BCUT2D eigenvalue weighted by Crippen LogP contribution is -2.30. The Kier molecular flexibility index (Phi) is 5.83. The number of nitrogens with one attached hydrogen (secondary N) is 2. The minimum absolute atomic E-state index is 0.251. The maximum atomic E-state index is 12.3. The van der Waals surface area contributed by atoms with Crippen LogP contribution in [-0.4, -0.2) is 22.9 Å². The second-order valence-corrected chi connectivity index (χ2v) is 6.83. The van der Waals surface area contributed by atoms with Crippen LogP contribution in [0.5, 0.6) is 5.75 Å². The molecule has 2 N–H and O–H groups in total. The molecule has 138 valence electrons. The van der Waals surface area contributed by atoms with Gasteiger partial charge in [-0.1, -0.05) is 17.7 Å². The van der Waals surface area contributed by atoms with E-state index in [4.69, 9.17) is 4.74 Å². The van der Waals surface area contributed by atoms with E-state index in [1.807, 2.05) is 31.2 Å². The van der Waals surface area contributed by atoms with Gasteiger partial charge in [0.15, 0.2) is 11.2 Å². The van der Waals surface area contributed by atoms with Crippen molar-refractivity contribution in [3.05, 3.63) is 71.2 Å². The Morgan fingerprint density at radius 2 is 1.74 bits per heavy atom. The maximum absolute atomic E-state index is 12.3. The van der Waals surface area contributed by atoms with Crippen molar-refractivity contribution in [3.8, 4) is 5.75 Å². The van der Waals surface area contributed by atoms with Gasteiger partial charge >= 0.3 is 0 Å². The number of thiazole rings is 1. The molecule has 0 aliphatic carbocycles. The molecule has 1 aromatic heterocycles. The van der Waals surface area contributed by atoms with E-state index in [0.29, 0.717) is 22.1 Å². The molecular weight excluding hydrogens is 362 g/mol. The maximum Gasteiger partial charge on any atom is 0.265 e. The van der Waals surface area contributed by atoms with E-state index in [1.165, 1.54) is 11.3 Å². The zero-order valence-electron chi connectivity index (χ0n) is 14.9. The first kappa shape index (κ1) is 18.6. The summed E-state index contributed by atoms with van der Waals surface area (Å²) in [5.74, 6) is 0.118. The molecule has 0 saturated heterocycles. The van der Waals surface area contributed by atoms with Crippen molar-refractivity contribution in [3.63, 3.8) is 0 Å². The lowest BCUT2D eigenvalue weighted by atomic mass is 10.2. The molecule has 0 aliphatic heterocycles. The Morgan fingerprint density at radius 3 is 2.37 bits per heavy atom. The highest BCUT2D eigenvalue weighted by Gasteiger charge is 2.15. The highest BCUT2D eigenvalue weighted by atomic mass is 32.1. The van der Waals surface area contributed by atoms with Crippen molar-refractivity contribution >= 4 is 34.0 Å². The van der Waals surface area contributed by atoms with Crippen LogP contribution < -0.4 is 15.4 Å². The van der Waals surface area contributed by atoms with Crippen LogP contribution in [0.25, 0.3) is 0 Å². The molecule has 3 aromatic rings. The number of aryl methyl sites for hydroxylation is 1. The Hall–Kier alpha value is -3.19. The largest absolute Gasteiger partial charge is 0.481 e. The summed E-state index contributed by atoms with van der Waals surface area (Å²) in [4.78, 5) is 28.4. The summed E-state index contributed by atoms with van der Waals surface area (Å²) in [6.45, 7) is 3.67. The first-order chi connectivity index (χ1) is 13.0. The third-order valence-electron chi connectivity index (χ3n) is 3.77. The normalized spacial score (nSPS) is 11.5. The van der Waals surface area contributed by atoms with Crippen molar-refractivity contribution in [2.45, 2.75) is 20.0 Å². The fraction of sp³-hybridized carbons (Fsp3) is 0.150. The van der Waals surface area contributed by atoms with Gasteiger partial charge in [-0.25, -0.2) is 4.98 Å². The molecule has 0 spiro atoms. The molecular formula is C20H19N3O3S. The van der Waals surface area contributed by atoms with E-state index in [-0.39, 0.29) is 11.8 Å². The number of hydrogen-bond acceptors (Lipinski definition) is 5. The van der Waals surface area contributed by atoms with E-state index < -0.39 is 6.10 Å². The van der Waals surface area contributed by atoms with Crippen LogP contribution in [0.4, 0.5) is 10.8 Å². The topological polar surface area (TPSA) is 80.3 Å². The molecule has 0 bridgehead atoms. The second-order valence-electron chi connectivity index (χ2n) is 5.93. The van der Waals surface area contributed by atoms with E-state index in [2.05, 4.69) is 15.6 Å². The van der Waals surface area contributed by atoms with Gasteiger partial charge in [0.1, 0.15) is 5.75 Å². The number of aromatic nitrogens is 1. The molecule has 3 rings (SSSR count). The number of nitrogens with zero attached hydrogens (tertiary/aromatic N) is 1. The fourth-order valence-electron chi connectivity index (χ4n) is 2.28. The van der Waals surface area contributed by atoms with Crippen LogP contribution in [-0.2, 0) is 4.79 Å². The summed E-state index contributed by atoms with van der Waals surface area (Å²) in [6, 6.07) is 14.1. The number of hydrogen-bond donors (Lipinski definition) is 2. The van der Waals surface area contributed by atoms with Crippen LogP contribution >= 0.6 is 11.3 Å². The van der Waals surface area contributed by atoms with Crippen molar-refractivity contribution in [2.24, 2.45) is 0 Å². The molecule has 2 amide bonds. The monoisotopic (exact) mass is 381 g/mol. The van der Waals surface area contributed by atoms with Crippen LogP contribution in [0, 0.1) is 6.92 Å². The predicted molar refractivity (Wildman–Crippen MR) is 106 cm³/mol. The summed E-state index contributed by atoms with van der Waals surface area (Å²) in [5.41, 5.74) is 2.19. The molecule has 0 radical (unpaired) electrons. The van der Waals surface area contributed by atoms with Gasteiger partial charge < -0.3 is 10.1 Å². The average molecular weight is 381 g/mol. The average Bonchev–Trinajstić information content (AvgIpc) is 3.17. The van der Waals surface area contributed by atoms with E-state index in [9.17, 15) is 9.59 Å². The third-order valence-corrected chi connectivity index (χ3v) is 4.46. The number of benzene rings is 2. The van der Waals surface area contributed by atoms with Gasteiger partial charge in [-0.2, -0.15) is 0 Å². The van der Waals surface area contributed by atoms with Gasteiger partial charge in [0.2, 0.25) is 0 Å². The molecule has 1 atom stereocenters. The highest BCUT2D eigenvalue weighted by Crippen LogP contribution is 2.16. The number of ether oxygens (including phenoxy) is 1. The van der Waals surface area contributed by atoms with Gasteiger partial charge in [0.05, 0.1) is 0 Å². The van der Waals surface area contributed by atoms with Crippen LogP contribution in [0.3, 0.4) is 0 Å². The number of carbonyl (C=O) groups is 2. The number of anilines is 2. The number of carbonyl (C=O) groups excluding carboxylic acids is 2. The van der Waals surface area contributed by atoms with Crippen molar-refractivity contribution in [1.82, 2.24) is 4.98 Å². The summed E-state index contributed by atoms with van der Waals surface area (Å²) < 4.78 is 5.64. The highest BCUT2D eigenvalue weighted by molar-refractivity contribution is 7.13. The van der Waals surface area contributed by atoms with E-state index in [1.54, 1.807) is 42.8 Å². The quantitative estimate of drug-likeness (QED) is 0.673. The summed E-state index contributed by atoms with van der Waals surface area (Å²) in [6.07, 6.45) is 0.972. The molecule has 0 saturated carbocycles. The molecule has 0 fully saturated rings. The third kappa shape index (κ3) is 5.15. The molecule has 7 heteroatoms.